The van der Waals surface area contributed by atoms with E-state index >= 15 is 0 Å². The minimum Gasteiger partial charge on any atom is -0.341 e. The zero-order valence-electron chi connectivity index (χ0n) is 10.6. The fourth-order valence-corrected chi connectivity index (χ4v) is 2.69. The van der Waals surface area contributed by atoms with E-state index in [-0.39, 0.29) is 0 Å². The lowest BCUT2D eigenvalue weighted by Gasteiger charge is -2.20. The van der Waals surface area contributed by atoms with Gasteiger partial charge in [-0.05, 0) is 32.8 Å². The maximum Gasteiger partial charge on any atom is 0.226 e. The molecule has 0 atom stereocenters. The van der Waals surface area contributed by atoms with Crippen LogP contribution in [0, 0.1) is 0 Å². The van der Waals surface area contributed by atoms with E-state index < -0.39 is 0 Å². The monoisotopic (exact) mass is 253 g/mol. The van der Waals surface area contributed by atoms with Gasteiger partial charge in [0, 0.05) is 19.0 Å². The van der Waals surface area contributed by atoms with Gasteiger partial charge in [0.25, 0.3) is 0 Å². The van der Waals surface area contributed by atoms with Gasteiger partial charge in [-0.25, -0.2) is 9.97 Å². The quantitative estimate of drug-likeness (QED) is 0.768. The average molecular weight is 254 g/mol. The number of aromatic nitrogens is 2. The third-order valence-electron chi connectivity index (χ3n) is 3.52. The van der Waals surface area contributed by atoms with Crippen LogP contribution in [0.1, 0.15) is 51.1 Å². The van der Waals surface area contributed by atoms with Gasteiger partial charge in [0.05, 0.1) is 5.69 Å². The maximum atomic E-state index is 6.11. The Kier molecular flexibility index (Phi) is 4.21. The fourth-order valence-electron chi connectivity index (χ4n) is 2.50. The molecule has 0 N–H and O–H groups in total. The molecule has 1 aromatic rings. The summed E-state index contributed by atoms with van der Waals surface area (Å²) >= 11 is 6.11. The third kappa shape index (κ3) is 2.89. The summed E-state index contributed by atoms with van der Waals surface area (Å²) in [5, 5.41) is 0.573. The van der Waals surface area contributed by atoms with Crippen molar-refractivity contribution in [3.63, 3.8) is 0 Å². The Bertz CT molecular complexity index is 351. The lowest BCUT2D eigenvalue weighted by molar-refractivity contribution is 0.687. The molecule has 0 spiro atoms. The van der Waals surface area contributed by atoms with Crippen molar-refractivity contribution < 1.29 is 0 Å². The molecule has 0 amide bonds. The molecule has 0 aliphatic heterocycles. The molecule has 1 saturated carbocycles. The molecule has 17 heavy (non-hydrogen) atoms. The van der Waals surface area contributed by atoms with Gasteiger partial charge >= 0.3 is 0 Å². The Morgan fingerprint density at radius 3 is 2.47 bits per heavy atom. The van der Waals surface area contributed by atoms with Crippen LogP contribution in [0.3, 0.4) is 0 Å². The lowest BCUT2D eigenvalue weighted by Crippen LogP contribution is -2.24. The van der Waals surface area contributed by atoms with Crippen molar-refractivity contribution in [3.05, 3.63) is 16.9 Å². The first kappa shape index (κ1) is 12.6. The van der Waals surface area contributed by atoms with Crippen LogP contribution in [0.2, 0.25) is 5.15 Å². The number of hydrogen-bond donors (Lipinski definition) is 0. The van der Waals surface area contributed by atoms with Crippen LogP contribution in [0.25, 0.3) is 0 Å². The van der Waals surface area contributed by atoms with Crippen LogP contribution in [0.5, 0.6) is 0 Å². The molecule has 1 aliphatic rings. The van der Waals surface area contributed by atoms with Crippen LogP contribution in [0.15, 0.2) is 6.07 Å². The highest BCUT2D eigenvalue weighted by Crippen LogP contribution is 2.34. The molecule has 1 fully saturated rings. The largest absolute Gasteiger partial charge is 0.341 e. The van der Waals surface area contributed by atoms with Crippen LogP contribution >= 0.6 is 11.6 Å². The van der Waals surface area contributed by atoms with Crippen molar-refractivity contribution in [3.8, 4) is 0 Å². The smallest absolute Gasteiger partial charge is 0.226 e. The average Bonchev–Trinajstić information content (AvgIpc) is 2.83. The van der Waals surface area contributed by atoms with Crippen LogP contribution < -0.4 is 4.90 Å². The summed E-state index contributed by atoms with van der Waals surface area (Å²) in [6.07, 6.45) is 5.11. The third-order valence-corrected chi connectivity index (χ3v) is 3.72. The molecule has 1 aliphatic carbocycles. The van der Waals surface area contributed by atoms with Gasteiger partial charge < -0.3 is 4.90 Å². The molecule has 2 rings (SSSR count). The molecule has 3 nitrogen and oxygen atoms in total. The van der Waals surface area contributed by atoms with E-state index in [4.69, 9.17) is 11.6 Å². The van der Waals surface area contributed by atoms with Crippen molar-refractivity contribution in [1.29, 1.82) is 0 Å². The lowest BCUT2D eigenvalue weighted by atomic mass is 10.0. The van der Waals surface area contributed by atoms with Crippen LogP contribution in [-0.2, 0) is 0 Å². The summed E-state index contributed by atoms with van der Waals surface area (Å²) in [6, 6.07) is 1.94. The second kappa shape index (κ2) is 5.67. The Balaban J connectivity index is 2.27. The Morgan fingerprint density at radius 2 is 1.88 bits per heavy atom. The van der Waals surface area contributed by atoms with E-state index in [2.05, 4.69) is 28.7 Å². The van der Waals surface area contributed by atoms with Gasteiger partial charge in [0.15, 0.2) is 0 Å². The van der Waals surface area contributed by atoms with E-state index in [0.29, 0.717) is 11.1 Å². The highest BCUT2D eigenvalue weighted by molar-refractivity contribution is 6.29. The minimum absolute atomic E-state index is 0.573. The zero-order chi connectivity index (χ0) is 12.3. The molecule has 4 heteroatoms. The molecule has 0 saturated heterocycles. The summed E-state index contributed by atoms with van der Waals surface area (Å²) in [5.74, 6) is 1.37. The second-order valence-electron chi connectivity index (χ2n) is 4.57. The first-order valence-corrected chi connectivity index (χ1v) is 6.91. The van der Waals surface area contributed by atoms with Crippen molar-refractivity contribution in [2.24, 2.45) is 0 Å². The van der Waals surface area contributed by atoms with Gasteiger partial charge in [-0.1, -0.05) is 24.4 Å². The molecule has 0 aromatic carbocycles. The molecule has 0 unspecified atom stereocenters. The summed E-state index contributed by atoms with van der Waals surface area (Å²) in [4.78, 5) is 11.2. The Hall–Kier alpha value is -0.830. The van der Waals surface area contributed by atoms with Gasteiger partial charge in [-0.3, -0.25) is 0 Å². The van der Waals surface area contributed by atoms with Gasteiger partial charge in [-0.15, -0.1) is 0 Å². The Morgan fingerprint density at radius 1 is 1.24 bits per heavy atom. The number of anilines is 1. The SMILES string of the molecule is CCN(CC)c1nc(Cl)cc(C2CCCC2)n1. The number of hydrogen-bond acceptors (Lipinski definition) is 3. The van der Waals surface area contributed by atoms with Gasteiger partial charge in [0.1, 0.15) is 5.15 Å². The van der Waals surface area contributed by atoms with Crippen LogP contribution in [0.4, 0.5) is 5.95 Å². The summed E-state index contributed by atoms with van der Waals surface area (Å²) in [7, 11) is 0. The summed E-state index contributed by atoms with van der Waals surface area (Å²) in [5.41, 5.74) is 1.13. The predicted octanol–water partition coefficient (Wildman–Crippen LogP) is 3.63. The van der Waals surface area contributed by atoms with E-state index in [1.54, 1.807) is 0 Å². The van der Waals surface area contributed by atoms with Crippen molar-refractivity contribution in [1.82, 2.24) is 9.97 Å². The van der Waals surface area contributed by atoms with Crippen molar-refractivity contribution in [2.75, 3.05) is 18.0 Å². The molecule has 1 heterocycles. The molecule has 0 bridgehead atoms. The zero-order valence-corrected chi connectivity index (χ0v) is 11.4. The molecule has 94 valence electrons. The van der Waals surface area contributed by atoms with Crippen LogP contribution in [-0.4, -0.2) is 23.1 Å². The molecule has 1 aromatic heterocycles. The maximum absolute atomic E-state index is 6.11. The second-order valence-corrected chi connectivity index (χ2v) is 4.96. The number of nitrogens with zero attached hydrogens (tertiary/aromatic N) is 3. The normalized spacial score (nSPS) is 16.4. The fraction of sp³-hybridized carbons (Fsp3) is 0.692. The first-order chi connectivity index (χ1) is 8.24. The van der Waals surface area contributed by atoms with Gasteiger partial charge in [0.2, 0.25) is 5.95 Å². The highest BCUT2D eigenvalue weighted by atomic mass is 35.5. The summed E-state index contributed by atoms with van der Waals surface area (Å²) < 4.78 is 0. The molecular formula is C13H20ClN3. The number of halogens is 1. The van der Waals surface area contributed by atoms with Crippen molar-refractivity contribution >= 4 is 17.5 Å². The minimum atomic E-state index is 0.573. The molecular weight excluding hydrogens is 234 g/mol. The predicted molar refractivity (Wildman–Crippen MR) is 71.8 cm³/mol. The van der Waals surface area contributed by atoms with Gasteiger partial charge in [-0.2, -0.15) is 0 Å². The van der Waals surface area contributed by atoms with E-state index in [1.807, 2.05) is 6.07 Å². The Labute approximate surface area is 108 Å². The first-order valence-electron chi connectivity index (χ1n) is 6.54. The standard InChI is InChI=1S/C13H20ClN3/c1-3-17(4-2)13-15-11(9-12(14)16-13)10-7-5-6-8-10/h9-10H,3-8H2,1-2H3. The van der Waals surface area contributed by atoms with E-state index in [0.717, 1.165) is 24.7 Å². The number of rotatable bonds is 4. The van der Waals surface area contributed by atoms with Crippen molar-refractivity contribution in [2.45, 2.75) is 45.4 Å². The topological polar surface area (TPSA) is 29.0 Å². The van der Waals surface area contributed by atoms with E-state index in [1.165, 1.54) is 25.7 Å². The summed E-state index contributed by atoms with van der Waals surface area (Å²) in [6.45, 7) is 6.06. The highest BCUT2D eigenvalue weighted by Gasteiger charge is 2.20. The van der Waals surface area contributed by atoms with E-state index in [9.17, 15) is 0 Å². The molecule has 0 radical (unpaired) electrons.